The Bertz CT molecular complexity index is 1370. The van der Waals surface area contributed by atoms with E-state index in [1.165, 1.54) is 16.9 Å². The predicted molar refractivity (Wildman–Crippen MR) is 161 cm³/mol. The van der Waals surface area contributed by atoms with Crippen LogP contribution >= 0.6 is 11.3 Å². The van der Waals surface area contributed by atoms with Gasteiger partial charge in [-0.2, -0.15) is 0 Å². The summed E-state index contributed by atoms with van der Waals surface area (Å²) in [6, 6.07) is 9.65. The van der Waals surface area contributed by atoms with Gasteiger partial charge in [0.25, 0.3) is 11.8 Å². The van der Waals surface area contributed by atoms with Gasteiger partial charge in [0.2, 0.25) is 0 Å². The van der Waals surface area contributed by atoms with Crippen LogP contribution in [0.25, 0.3) is 10.3 Å². The van der Waals surface area contributed by atoms with E-state index in [2.05, 4.69) is 47.7 Å². The van der Waals surface area contributed by atoms with Gasteiger partial charge in [0.15, 0.2) is 5.01 Å². The highest BCUT2D eigenvalue weighted by Gasteiger charge is 2.30. The molecule has 3 N–H and O–H groups in total. The Morgan fingerprint density at radius 1 is 1.15 bits per heavy atom. The number of carbonyl (C=O) groups excluding carboxylic acids is 2. The highest BCUT2D eigenvalue weighted by molar-refractivity contribution is 7.19. The van der Waals surface area contributed by atoms with Crippen molar-refractivity contribution in [3.63, 3.8) is 0 Å². The van der Waals surface area contributed by atoms with E-state index in [1.807, 2.05) is 38.4 Å². The van der Waals surface area contributed by atoms with Crippen molar-refractivity contribution in [3.05, 3.63) is 57.7 Å². The summed E-state index contributed by atoms with van der Waals surface area (Å²) in [5, 5.41) is 10.0. The van der Waals surface area contributed by atoms with Gasteiger partial charge >= 0.3 is 0 Å². The lowest BCUT2D eigenvalue weighted by Gasteiger charge is -2.34. The Labute approximate surface area is 241 Å². The van der Waals surface area contributed by atoms with E-state index < -0.39 is 0 Å². The molecule has 1 aromatic carbocycles. The zero-order valence-electron chi connectivity index (χ0n) is 24.3. The molecule has 40 heavy (non-hydrogen) atoms. The van der Waals surface area contributed by atoms with Gasteiger partial charge < -0.3 is 20.9 Å². The second-order valence-corrected chi connectivity index (χ2v) is 13.6. The number of rotatable bonds is 8. The molecule has 9 heteroatoms. The van der Waals surface area contributed by atoms with Crippen molar-refractivity contribution in [2.75, 3.05) is 33.7 Å². The molecule has 2 aliphatic rings. The summed E-state index contributed by atoms with van der Waals surface area (Å²) in [6.07, 6.45) is 4.77. The molecule has 0 bridgehead atoms. The van der Waals surface area contributed by atoms with E-state index in [4.69, 9.17) is 9.97 Å². The minimum Gasteiger partial charge on any atom is -0.348 e. The average molecular weight is 563 g/mol. The third-order valence-corrected chi connectivity index (χ3v) is 9.25. The van der Waals surface area contributed by atoms with Crippen molar-refractivity contribution in [1.29, 1.82) is 0 Å². The highest BCUT2D eigenvalue weighted by Crippen LogP contribution is 2.38. The maximum Gasteiger partial charge on any atom is 0.280 e. The molecule has 1 aliphatic carbocycles. The van der Waals surface area contributed by atoms with E-state index >= 15 is 0 Å². The monoisotopic (exact) mass is 562 g/mol. The van der Waals surface area contributed by atoms with Crippen LogP contribution in [0, 0.1) is 11.3 Å². The van der Waals surface area contributed by atoms with Gasteiger partial charge in [0.05, 0.1) is 6.04 Å². The van der Waals surface area contributed by atoms with Gasteiger partial charge in [-0.1, -0.05) is 44.2 Å². The lowest BCUT2D eigenvalue weighted by atomic mass is 9.71. The largest absolute Gasteiger partial charge is 0.348 e. The fraction of sp³-hybridized carbons (Fsp3) is 0.548. The number of pyridine rings is 1. The summed E-state index contributed by atoms with van der Waals surface area (Å²) in [7, 11) is 4.03. The number of nitrogens with one attached hydrogen (secondary N) is 3. The van der Waals surface area contributed by atoms with Crippen LogP contribution < -0.4 is 16.0 Å². The Morgan fingerprint density at radius 2 is 1.98 bits per heavy atom. The molecule has 8 nitrogen and oxygen atoms in total. The zero-order valence-corrected chi connectivity index (χ0v) is 25.2. The fourth-order valence-electron chi connectivity index (χ4n) is 5.72. The molecule has 0 spiro atoms. The van der Waals surface area contributed by atoms with Crippen LogP contribution in [0.1, 0.15) is 83.1 Å². The average Bonchev–Trinajstić information content (AvgIpc) is 3.58. The maximum atomic E-state index is 13.5. The molecule has 3 heterocycles. The molecule has 3 atom stereocenters. The van der Waals surface area contributed by atoms with Gasteiger partial charge in [0, 0.05) is 23.8 Å². The number of aryl methyl sites for hydroxylation is 1. The summed E-state index contributed by atoms with van der Waals surface area (Å²) >= 11 is 1.36. The number of thiazole rings is 1. The minimum absolute atomic E-state index is 0.0804. The minimum atomic E-state index is -0.253. The summed E-state index contributed by atoms with van der Waals surface area (Å²) in [5.41, 5.74) is 4.99. The van der Waals surface area contributed by atoms with Crippen molar-refractivity contribution >= 4 is 33.5 Å². The Morgan fingerprint density at radius 3 is 2.70 bits per heavy atom. The number of aromatic nitrogens is 2. The molecule has 0 unspecified atom stereocenters. The third-order valence-electron chi connectivity index (χ3n) is 8.28. The molecule has 3 aromatic rings. The number of nitrogens with zero attached hydrogens (tertiary/aromatic N) is 3. The molecule has 2 aromatic heterocycles. The van der Waals surface area contributed by atoms with E-state index in [-0.39, 0.29) is 29.3 Å². The predicted octanol–water partition coefficient (Wildman–Crippen LogP) is 4.36. The second-order valence-electron chi connectivity index (χ2n) is 12.6. The van der Waals surface area contributed by atoms with Crippen LogP contribution in [0.5, 0.6) is 0 Å². The first-order chi connectivity index (χ1) is 19.1. The molecular weight excluding hydrogens is 520 g/mol. The number of carbonyl (C=O) groups is 2. The smallest absolute Gasteiger partial charge is 0.280 e. The standard InChI is InChI=1S/C31H42N6O2S/c1-31(2,3)22-9-10-24-21(16-22)17-26-29(35-24)40-30(36-26)28(39)34-25(12-14-37(4)5)19-7-6-8-20(15-19)27(38)33-23-11-13-32-18-23/h6-8,15,17,22-23,25,32H,9-14,16,18H2,1-5H3,(H,33,38)(H,34,39)/t22-,23-,25+/m0/s1. The van der Waals surface area contributed by atoms with Crippen molar-refractivity contribution in [2.45, 2.75) is 65.0 Å². The van der Waals surface area contributed by atoms with Crippen molar-refractivity contribution < 1.29 is 9.59 Å². The molecule has 0 saturated carbocycles. The van der Waals surface area contributed by atoms with Gasteiger partial charge in [-0.05, 0) is 99.9 Å². The first kappa shape index (κ1) is 28.6. The van der Waals surface area contributed by atoms with Crippen LogP contribution in [0.3, 0.4) is 0 Å². The molecule has 2 amide bonds. The molecule has 1 aliphatic heterocycles. The quantitative estimate of drug-likeness (QED) is 0.378. The topological polar surface area (TPSA) is 99.2 Å². The molecule has 1 fully saturated rings. The first-order valence-electron chi connectivity index (χ1n) is 14.4. The number of benzene rings is 1. The second kappa shape index (κ2) is 11.9. The number of hydrogen-bond donors (Lipinski definition) is 3. The van der Waals surface area contributed by atoms with Crippen molar-refractivity contribution in [1.82, 2.24) is 30.8 Å². The van der Waals surface area contributed by atoms with Crippen LogP contribution in [0.2, 0.25) is 0 Å². The van der Waals surface area contributed by atoms with Crippen LogP contribution in [-0.4, -0.2) is 66.5 Å². The highest BCUT2D eigenvalue weighted by atomic mass is 32.1. The molecular formula is C31H42N6O2S. The van der Waals surface area contributed by atoms with Gasteiger partial charge in [-0.25, -0.2) is 9.97 Å². The van der Waals surface area contributed by atoms with Gasteiger partial charge in [-0.3, -0.25) is 9.59 Å². The van der Waals surface area contributed by atoms with Gasteiger partial charge in [0.1, 0.15) is 10.3 Å². The lowest BCUT2D eigenvalue weighted by Crippen LogP contribution is -2.36. The maximum absolute atomic E-state index is 13.5. The fourth-order valence-corrected chi connectivity index (χ4v) is 6.57. The number of fused-ring (bicyclic) bond motifs is 2. The lowest BCUT2D eigenvalue weighted by molar-refractivity contribution is 0.0930. The zero-order chi connectivity index (χ0) is 28.4. The van der Waals surface area contributed by atoms with E-state index in [9.17, 15) is 9.59 Å². The summed E-state index contributed by atoms with van der Waals surface area (Å²) in [5.74, 6) is 0.332. The number of hydrogen-bond acceptors (Lipinski definition) is 7. The van der Waals surface area contributed by atoms with Crippen molar-refractivity contribution in [2.24, 2.45) is 11.3 Å². The molecule has 214 valence electrons. The first-order valence-corrected chi connectivity index (χ1v) is 15.2. The Kier molecular flexibility index (Phi) is 8.54. The summed E-state index contributed by atoms with van der Waals surface area (Å²) in [6.45, 7) is 9.43. The Hall–Kier alpha value is -2.88. The molecule has 1 saturated heterocycles. The SMILES string of the molecule is CN(C)CC[C@@H](NC(=O)c1nc2cc3c(nc2s1)CC[C@H](C(C)(C)C)C3)c1cccc(C(=O)N[C@H]2CCNC2)c1. The third kappa shape index (κ3) is 6.70. The van der Waals surface area contributed by atoms with E-state index in [1.54, 1.807) is 0 Å². The molecule has 0 radical (unpaired) electrons. The van der Waals surface area contributed by atoms with Crippen molar-refractivity contribution in [3.8, 4) is 0 Å². The summed E-state index contributed by atoms with van der Waals surface area (Å²) in [4.78, 5) is 39.0. The normalized spacial score (nSPS) is 19.9. The van der Waals surface area contributed by atoms with E-state index in [0.717, 1.165) is 66.9 Å². The van der Waals surface area contributed by atoms with Crippen LogP contribution in [0.15, 0.2) is 30.3 Å². The van der Waals surface area contributed by atoms with Crippen LogP contribution in [0.4, 0.5) is 0 Å². The number of amides is 2. The van der Waals surface area contributed by atoms with Crippen LogP contribution in [-0.2, 0) is 12.8 Å². The Balaban J connectivity index is 1.34. The molecule has 5 rings (SSSR count). The summed E-state index contributed by atoms with van der Waals surface area (Å²) < 4.78 is 0. The van der Waals surface area contributed by atoms with Gasteiger partial charge in [-0.15, -0.1) is 0 Å². The van der Waals surface area contributed by atoms with E-state index in [0.29, 0.717) is 22.9 Å².